The van der Waals surface area contributed by atoms with Crippen LogP contribution in [0.25, 0.3) is 0 Å². The maximum absolute atomic E-state index is 11.6. The van der Waals surface area contributed by atoms with Crippen LogP contribution in [0.4, 0.5) is 0 Å². The molecule has 0 aliphatic carbocycles. The van der Waals surface area contributed by atoms with Gasteiger partial charge in [-0.25, -0.2) is 0 Å². The lowest BCUT2D eigenvalue weighted by atomic mass is 10.1. The first kappa shape index (κ1) is 15.3. The Balaban J connectivity index is 2.16. The SMILES string of the molecule is O=C(Cc1ccccc1Cl)NCCCOCCCl. The molecule has 1 rings (SSSR count). The summed E-state index contributed by atoms with van der Waals surface area (Å²) in [7, 11) is 0. The molecule has 5 heteroatoms. The van der Waals surface area contributed by atoms with E-state index in [4.69, 9.17) is 27.9 Å². The number of rotatable bonds is 8. The Labute approximate surface area is 117 Å². The molecule has 0 unspecified atom stereocenters. The Hall–Kier alpha value is -0.770. The van der Waals surface area contributed by atoms with Crippen LogP contribution in [-0.2, 0) is 16.0 Å². The van der Waals surface area contributed by atoms with Crippen molar-refractivity contribution in [2.24, 2.45) is 0 Å². The molecule has 0 aliphatic heterocycles. The normalized spacial score (nSPS) is 10.3. The molecule has 0 radical (unpaired) electrons. The summed E-state index contributed by atoms with van der Waals surface area (Å²) in [5.41, 5.74) is 0.843. The Bertz CT molecular complexity index is 372. The van der Waals surface area contributed by atoms with E-state index in [0.29, 0.717) is 37.1 Å². The molecule has 0 bridgehead atoms. The minimum absolute atomic E-state index is 0.0274. The van der Waals surface area contributed by atoms with E-state index in [-0.39, 0.29) is 5.91 Å². The smallest absolute Gasteiger partial charge is 0.224 e. The third kappa shape index (κ3) is 6.24. The second-order valence-electron chi connectivity index (χ2n) is 3.77. The average Bonchev–Trinajstić information content (AvgIpc) is 2.36. The first-order valence-corrected chi connectivity index (χ1v) is 6.79. The number of halogens is 2. The molecular weight excluding hydrogens is 273 g/mol. The summed E-state index contributed by atoms with van der Waals surface area (Å²) in [5.74, 6) is 0.472. The van der Waals surface area contributed by atoms with Crippen molar-refractivity contribution in [1.29, 1.82) is 0 Å². The van der Waals surface area contributed by atoms with E-state index in [1.165, 1.54) is 0 Å². The molecule has 1 aromatic rings. The molecule has 3 nitrogen and oxygen atoms in total. The first-order chi connectivity index (χ1) is 8.74. The number of benzene rings is 1. The summed E-state index contributed by atoms with van der Waals surface area (Å²) in [5, 5.41) is 3.45. The Kier molecular flexibility index (Phi) is 7.81. The van der Waals surface area contributed by atoms with Crippen molar-refractivity contribution in [3.63, 3.8) is 0 Å². The third-order valence-corrected chi connectivity index (χ3v) is 2.84. The van der Waals surface area contributed by atoms with Crippen LogP contribution in [0.2, 0.25) is 5.02 Å². The van der Waals surface area contributed by atoms with Gasteiger partial charge in [-0.15, -0.1) is 11.6 Å². The van der Waals surface area contributed by atoms with Gasteiger partial charge in [0.15, 0.2) is 0 Å². The van der Waals surface area contributed by atoms with Crippen molar-refractivity contribution >= 4 is 29.1 Å². The van der Waals surface area contributed by atoms with Crippen molar-refractivity contribution in [1.82, 2.24) is 5.32 Å². The zero-order valence-corrected chi connectivity index (χ0v) is 11.6. The van der Waals surface area contributed by atoms with Gasteiger partial charge in [0.1, 0.15) is 0 Å². The molecule has 0 aromatic heterocycles. The summed E-state index contributed by atoms with van der Waals surface area (Å²) in [6.45, 7) is 1.76. The van der Waals surface area contributed by atoms with Crippen LogP contribution in [0, 0.1) is 0 Å². The summed E-state index contributed by atoms with van der Waals surface area (Å²) >= 11 is 11.4. The molecule has 0 fully saturated rings. The molecule has 0 spiro atoms. The van der Waals surface area contributed by atoms with Crippen molar-refractivity contribution in [2.75, 3.05) is 25.6 Å². The number of ether oxygens (including phenoxy) is 1. The molecule has 0 saturated carbocycles. The van der Waals surface area contributed by atoms with Gasteiger partial charge in [0.05, 0.1) is 13.0 Å². The highest BCUT2D eigenvalue weighted by atomic mass is 35.5. The predicted molar refractivity (Wildman–Crippen MR) is 74.3 cm³/mol. The van der Waals surface area contributed by atoms with Gasteiger partial charge in [0.25, 0.3) is 0 Å². The zero-order valence-electron chi connectivity index (χ0n) is 10.1. The quantitative estimate of drug-likeness (QED) is 0.590. The van der Waals surface area contributed by atoms with Crippen molar-refractivity contribution in [3.05, 3.63) is 34.9 Å². The summed E-state index contributed by atoms with van der Waals surface area (Å²) in [6.07, 6.45) is 1.09. The molecule has 0 heterocycles. The lowest BCUT2D eigenvalue weighted by Crippen LogP contribution is -2.27. The average molecular weight is 290 g/mol. The second kappa shape index (κ2) is 9.20. The summed E-state index contributed by atoms with van der Waals surface area (Å²) in [4.78, 5) is 11.6. The van der Waals surface area contributed by atoms with E-state index in [2.05, 4.69) is 5.32 Å². The lowest BCUT2D eigenvalue weighted by molar-refractivity contribution is -0.120. The van der Waals surface area contributed by atoms with E-state index in [0.717, 1.165) is 12.0 Å². The fourth-order valence-electron chi connectivity index (χ4n) is 1.44. The largest absolute Gasteiger partial charge is 0.380 e. The monoisotopic (exact) mass is 289 g/mol. The van der Waals surface area contributed by atoms with E-state index in [1.807, 2.05) is 18.2 Å². The van der Waals surface area contributed by atoms with Gasteiger partial charge in [-0.3, -0.25) is 4.79 Å². The standard InChI is InChI=1S/C13H17Cl2NO2/c14-6-9-18-8-3-7-16-13(17)10-11-4-1-2-5-12(11)15/h1-2,4-5H,3,6-10H2,(H,16,17). The number of nitrogens with one attached hydrogen (secondary N) is 1. The molecule has 0 aliphatic rings. The minimum atomic E-state index is -0.0274. The van der Waals surface area contributed by atoms with Gasteiger partial charge in [0, 0.05) is 24.1 Å². The molecule has 18 heavy (non-hydrogen) atoms. The number of carbonyl (C=O) groups excluding carboxylic acids is 1. The second-order valence-corrected chi connectivity index (χ2v) is 4.56. The third-order valence-electron chi connectivity index (χ3n) is 2.32. The van der Waals surface area contributed by atoms with Gasteiger partial charge in [-0.05, 0) is 18.1 Å². The summed E-state index contributed by atoms with van der Waals surface area (Å²) < 4.78 is 5.20. The fourth-order valence-corrected chi connectivity index (χ4v) is 1.75. The molecule has 0 saturated heterocycles. The predicted octanol–water partition coefficient (Wildman–Crippen LogP) is 2.64. The number of hydrogen-bond acceptors (Lipinski definition) is 2. The number of carbonyl (C=O) groups is 1. The van der Waals surface area contributed by atoms with Crippen LogP contribution in [0.5, 0.6) is 0 Å². The Morgan fingerprint density at radius 2 is 2.06 bits per heavy atom. The van der Waals surface area contributed by atoms with Crippen LogP contribution in [-0.4, -0.2) is 31.5 Å². The Morgan fingerprint density at radius 1 is 1.28 bits per heavy atom. The van der Waals surface area contributed by atoms with Gasteiger partial charge < -0.3 is 10.1 Å². The van der Waals surface area contributed by atoms with Crippen molar-refractivity contribution in [2.45, 2.75) is 12.8 Å². The van der Waals surface area contributed by atoms with Gasteiger partial charge in [0.2, 0.25) is 5.91 Å². The van der Waals surface area contributed by atoms with Crippen molar-refractivity contribution in [3.8, 4) is 0 Å². The van der Waals surface area contributed by atoms with Crippen LogP contribution in [0.15, 0.2) is 24.3 Å². The number of alkyl halides is 1. The topological polar surface area (TPSA) is 38.3 Å². The molecule has 1 amide bonds. The first-order valence-electron chi connectivity index (χ1n) is 5.88. The molecule has 100 valence electrons. The maximum Gasteiger partial charge on any atom is 0.224 e. The zero-order chi connectivity index (χ0) is 13.2. The van der Waals surface area contributed by atoms with E-state index in [1.54, 1.807) is 6.07 Å². The highest BCUT2D eigenvalue weighted by Crippen LogP contribution is 2.15. The van der Waals surface area contributed by atoms with Crippen LogP contribution < -0.4 is 5.32 Å². The van der Waals surface area contributed by atoms with E-state index in [9.17, 15) is 4.79 Å². The van der Waals surface area contributed by atoms with E-state index >= 15 is 0 Å². The molecular formula is C13H17Cl2NO2. The highest BCUT2D eigenvalue weighted by Gasteiger charge is 2.05. The number of hydrogen-bond donors (Lipinski definition) is 1. The highest BCUT2D eigenvalue weighted by molar-refractivity contribution is 6.31. The fraction of sp³-hybridized carbons (Fsp3) is 0.462. The van der Waals surface area contributed by atoms with Gasteiger partial charge in [-0.1, -0.05) is 29.8 Å². The van der Waals surface area contributed by atoms with Gasteiger partial charge in [-0.2, -0.15) is 0 Å². The minimum Gasteiger partial charge on any atom is -0.380 e. The molecule has 0 atom stereocenters. The molecule has 1 N–H and O–H groups in total. The molecule has 1 aromatic carbocycles. The van der Waals surface area contributed by atoms with Crippen LogP contribution in [0.1, 0.15) is 12.0 Å². The van der Waals surface area contributed by atoms with Gasteiger partial charge >= 0.3 is 0 Å². The van der Waals surface area contributed by atoms with E-state index < -0.39 is 0 Å². The van der Waals surface area contributed by atoms with Crippen LogP contribution in [0.3, 0.4) is 0 Å². The summed E-state index contributed by atoms with van der Waals surface area (Å²) in [6, 6.07) is 7.35. The van der Waals surface area contributed by atoms with Crippen LogP contribution >= 0.6 is 23.2 Å². The van der Waals surface area contributed by atoms with Crippen molar-refractivity contribution < 1.29 is 9.53 Å². The Morgan fingerprint density at radius 3 is 2.78 bits per heavy atom. The maximum atomic E-state index is 11.6. The number of amides is 1. The lowest BCUT2D eigenvalue weighted by Gasteiger charge is -2.06.